The van der Waals surface area contributed by atoms with Gasteiger partial charge in [0.2, 0.25) is 0 Å². The molecule has 2 saturated heterocycles. The van der Waals surface area contributed by atoms with Crippen LogP contribution in [0.5, 0.6) is 0 Å². The van der Waals surface area contributed by atoms with E-state index in [1.54, 1.807) is 34.7 Å². The number of carbonyl (C=O) groups excluding carboxylic acids is 1. The molecule has 2 heterocycles. The fraction of sp³-hybridized carbons (Fsp3) is 0.964. The number of ether oxygens (including phenoxy) is 3. The zero-order valence-corrected chi connectivity index (χ0v) is 25.2. The molecule has 2 aliphatic heterocycles. The van der Waals surface area contributed by atoms with Crippen molar-refractivity contribution >= 4 is 5.97 Å². The molecule has 2 fully saturated rings. The lowest BCUT2D eigenvalue weighted by Gasteiger charge is -2.45. The van der Waals surface area contributed by atoms with Crippen LogP contribution in [0.3, 0.4) is 0 Å². The summed E-state index contributed by atoms with van der Waals surface area (Å²) in [6.07, 6.45) is -5.19. The minimum atomic E-state index is -1.74. The molecule has 13 atom stereocenters. The van der Waals surface area contributed by atoms with Gasteiger partial charge in [0.15, 0.2) is 6.29 Å². The molecule has 2 rings (SSSR count). The van der Waals surface area contributed by atoms with E-state index in [1.165, 1.54) is 13.8 Å². The number of aliphatic hydroxyl groups excluding tert-OH is 3. The Morgan fingerprint density at radius 3 is 2.28 bits per heavy atom. The van der Waals surface area contributed by atoms with Crippen LogP contribution in [0.2, 0.25) is 0 Å². The van der Waals surface area contributed by atoms with Gasteiger partial charge in [0.25, 0.3) is 0 Å². The van der Waals surface area contributed by atoms with Crippen LogP contribution in [0.15, 0.2) is 0 Å². The van der Waals surface area contributed by atoms with E-state index in [-0.39, 0.29) is 25.0 Å². The Balaban J connectivity index is 2.45. The molecule has 11 nitrogen and oxygen atoms in total. The van der Waals surface area contributed by atoms with E-state index in [9.17, 15) is 30.3 Å². The molecule has 0 aliphatic carbocycles. The first kappa shape index (κ1) is 34.3. The Hall–Kier alpha value is -0.890. The highest BCUT2D eigenvalue weighted by Gasteiger charge is 2.48. The first-order valence-electron chi connectivity index (χ1n) is 14.4. The molecular weight excluding hydrogens is 508 g/mol. The number of esters is 1. The van der Waals surface area contributed by atoms with Gasteiger partial charge in [-0.05, 0) is 80.9 Å². The summed E-state index contributed by atoms with van der Waals surface area (Å²) in [5.74, 6) is -2.53. The van der Waals surface area contributed by atoms with Crippen LogP contribution < -0.4 is 5.32 Å². The van der Waals surface area contributed by atoms with E-state index in [4.69, 9.17) is 14.2 Å². The van der Waals surface area contributed by atoms with Crippen molar-refractivity contribution in [3.63, 3.8) is 0 Å². The topological polar surface area (TPSA) is 161 Å². The minimum Gasteiger partial charge on any atom is -0.459 e. The van der Waals surface area contributed by atoms with Gasteiger partial charge in [0, 0.05) is 18.0 Å². The van der Waals surface area contributed by atoms with Gasteiger partial charge in [-0.2, -0.15) is 0 Å². The fourth-order valence-electron chi connectivity index (χ4n) is 6.02. The van der Waals surface area contributed by atoms with Crippen molar-refractivity contribution in [1.29, 1.82) is 0 Å². The first-order valence-corrected chi connectivity index (χ1v) is 14.4. The third-order valence-corrected chi connectivity index (χ3v) is 9.03. The normalized spacial score (nSPS) is 48.2. The van der Waals surface area contributed by atoms with Gasteiger partial charge in [-0.1, -0.05) is 13.8 Å². The van der Waals surface area contributed by atoms with Crippen molar-refractivity contribution in [3.05, 3.63) is 0 Å². The van der Waals surface area contributed by atoms with Gasteiger partial charge in [0.05, 0.1) is 29.8 Å². The smallest absolute Gasteiger partial charge is 0.311 e. The third-order valence-electron chi connectivity index (χ3n) is 9.03. The Bertz CT molecular complexity index is 782. The average molecular weight is 563 g/mol. The summed E-state index contributed by atoms with van der Waals surface area (Å²) in [4.78, 5) is 15.1. The summed E-state index contributed by atoms with van der Waals surface area (Å²) in [6, 6.07) is -0.761. The minimum absolute atomic E-state index is 0.211. The number of aliphatic hydroxyl groups is 5. The Morgan fingerprint density at radius 1 is 1.10 bits per heavy atom. The second-order valence-corrected chi connectivity index (χ2v) is 12.3. The second-order valence-electron chi connectivity index (χ2n) is 12.3. The summed E-state index contributed by atoms with van der Waals surface area (Å²) < 4.78 is 17.9. The maximum Gasteiger partial charge on any atom is 0.311 e. The van der Waals surface area contributed by atoms with Crippen LogP contribution in [0.25, 0.3) is 0 Å². The van der Waals surface area contributed by atoms with E-state index >= 15 is 0 Å². The van der Waals surface area contributed by atoms with Crippen molar-refractivity contribution in [2.45, 2.75) is 140 Å². The number of likely N-dealkylation sites (N-methyl/N-ethyl adjacent to an activating group) is 2. The van der Waals surface area contributed by atoms with Gasteiger partial charge in [-0.3, -0.25) is 4.79 Å². The largest absolute Gasteiger partial charge is 0.459 e. The van der Waals surface area contributed by atoms with Crippen molar-refractivity contribution in [3.8, 4) is 0 Å². The van der Waals surface area contributed by atoms with Crippen LogP contribution >= 0.6 is 0 Å². The van der Waals surface area contributed by atoms with Gasteiger partial charge >= 0.3 is 5.97 Å². The highest BCUT2D eigenvalue weighted by atomic mass is 16.7. The fourth-order valence-corrected chi connectivity index (χ4v) is 6.02. The Morgan fingerprint density at radius 2 is 1.72 bits per heavy atom. The standard InChI is InChI=1S/C28H54N2O9/c1-10-20-28(7,36)23(33)18(5)30(9)13-11-12-27(6,35)24(16(3)21(31)17(4)25(34)38-20)39-26-22(32)19(29-8)14-15(2)37-26/h15-24,26,29,31-33,35-36H,10-14H2,1-9H3/t15-,16+,17-,18-,19+,20-,21+,22-,23-,24-,26+,27-,28-/m1/s1. The van der Waals surface area contributed by atoms with Gasteiger partial charge < -0.3 is 50.0 Å². The summed E-state index contributed by atoms with van der Waals surface area (Å²) in [7, 11) is 3.57. The molecule has 39 heavy (non-hydrogen) atoms. The SMILES string of the molecule is CC[C@H]1OC(=O)[C@H](C)[C@@H](O)[C@H](C)[C@@H](O[C@@H]2O[C@H](C)C[C@H](NC)[C@H]2O)[C@](C)(O)CCCN(C)[C@H](C)[C@@H](O)[C@]1(C)O. The van der Waals surface area contributed by atoms with E-state index in [2.05, 4.69) is 5.32 Å². The second kappa shape index (κ2) is 13.8. The number of hydrogen-bond acceptors (Lipinski definition) is 11. The highest BCUT2D eigenvalue weighted by Crippen LogP contribution is 2.35. The lowest BCUT2D eigenvalue weighted by molar-refractivity contribution is -0.293. The zero-order chi connectivity index (χ0) is 29.9. The van der Waals surface area contributed by atoms with E-state index in [0.717, 1.165) is 0 Å². The van der Waals surface area contributed by atoms with Crippen LogP contribution in [0.4, 0.5) is 0 Å². The van der Waals surface area contributed by atoms with Crippen LogP contribution in [0.1, 0.15) is 74.1 Å². The highest BCUT2D eigenvalue weighted by molar-refractivity contribution is 5.73. The molecule has 0 radical (unpaired) electrons. The molecule has 0 spiro atoms. The van der Waals surface area contributed by atoms with Crippen LogP contribution in [-0.4, -0.2) is 123 Å². The van der Waals surface area contributed by atoms with E-state index in [1.807, 2.05) is 18.9 Å². The van der Waals surface area contributed by atoms with Crippen molar-refractivity contribution in [1.82, 2.24) is 10.2 Å². The van der Waals surface area contributed by atoms with Gasteiger partial charge in [-0.15, -0.1) is 0 Å². The molecular formula is C28H54N2O9. The Kier molecular flexibility index (Phi) is 12.2. The Labute approximate surface area is 233 Å². The van der Waals surface area contributed by atoms with E-state index < -0.39 is 71.9 Å². The molecule has 0 saturated carbocycles. The summed E-state index contributed by atoms with van der Waals surface area (Å²) in [5.41, 5.74) is -3.20. The summed E-state index contributed by atoms with van der Waals surface area (Å²) >= 11 is 0. The lowest BCUT2D eigenvalue weighted by Crippen LogP contribution is -2.59. The maximum atomic E-state index is 13.2. The van der Waals surface area contributed by atoms with Crippen molar-refractivity contribution < 1.29 is 44.5 Å². The summed E-state index contributed by atoms with van der Waals surface area (Å²) in [6.45, 7) is 12.2. The average Bonchev–Trinajstić information content (AvgIpc) is 2.88. The van der Waals surface area contributed by atoms with Gasteiger partial charge in [0.1, 0.15) is 23.9 Å². The molecule has 0 unspecified atom stereocenters. The molecule has 6 N–H and O–H groups in total. The first-order chi connectivity index (χ1) is 18.0. The maximum absolute atomic E-state index is 13.2. The molecule has 2 aliphatic rings. The molecule has 0 amide bonds. The molecule has 230 valence electrons. The van der Waals surface area contributed by atoms with Crippen LogP contribution in [-0.2, 0) is 19.0 Å². The number of cyclic esters (lactones) is 1. The number of carbonyl (C=O) groups is 1. The number of hydrogen-bond donors (Lipinski definition) is 6. The molecule has 0 bridgehead atoms. The zero-order valence-electron chi connectivity index (χ0n) is 25.2. The van der Waals surface area contributed by atoms with Crippen LogP contribution in [0, 0.1) is 11.8 Å². The third kappa shape index (κ3) is 7.90. The number of nitrogens with zero attached hydrogens (tertiary/aromatic N) is 1. The molecule has 0 aromatic heterocycles. The quantitative estimate of drug-likeness (QED) is 0.263. The monoisotopic (exact) mass is 562 g/mol. The predicted molar refractivity (Wildman–Crippen MR) is 146 cm³/mol. The van der Waals surface area contributed by atoms with Gasteiger partial charge in [-0.25, -0.2) is 0 Å². The van der Waals surface area contributed by atoms with E-state index in [0.29, 0.717) is 19.4 Å². The lowest BCUT2D eigenvalue weighted by atomic mass is 9.79. The number of nitrogens with one attached hydrogen (secondary N) is 1. The summed E-state index contributed by atoms with van der Waals surface area (Å²) in [5, 5.41) is 59.3. The predicted octanol–water partition coefficient (Wildman–Crippen LogP) is 0.387. The van der Waals surface area contributed by atoms with Crippen molar-refractivity contribution in [2.75, 3.05) is 20.6 Å². The molecule has 0 aromatic rings. The molecule has 0 aromatic carbocycles. The number of rotatable bonds is 4. The molecule has 11 heteroatoms. The van der Waals surface area contributed by atoms with Crippen molar-refractivity contribution in [2.24, 2.45) is 11.8 Å².